The van der Waals surface area contributed by atoms with Crippen LogP contribution in [0.1, 0.15) is 56.6 Å². The summed E-state index contributed by atoms with van der Waals surface area (Å²) in [6, 6.07) is 16.0. The van der Waals surface area contributed by atoms with Crippen molar-refractivity contribution in [3.05, 3.63) is 59.7 Å². The summed E-state index contributed by atoms with van der Waals surface area (Å²) in [6.07, 6.45) is 1.72. The Morgan fingerprint density at radius 1 is 1.09 bits per heavy atom. The second-order valence-electron chi connectivity index (χ2n) is 9.71. The van der Waals surface area contributed by atoms with Crippen LogP contribution >= 0.6 is 0 Å². The smallest absolute Gasteiger partial charge is 0.407 e. The van der Waals surface area contributed by atoms with Crippen LogP contribution in [-0.2, 0) is 14.3 Å². The molecule has 1 fully saturated rings. The number of alkyl carbamates (subject to hydrolysis) is 1. The van der Waals surface area contributed by atoms with Crippen molar-refractivity contribution >= 4 is 18.0 Å². The van der Waals surface area contributed by atoms with E-state index in [9.17, 15) is 19.5 Å². The molecule has 7 heteroatoms. The Morgan fingerprint density at radius 2 is 1.71 bits per heavy atom. The predicted molar refractivity (Wildman–Crippen MR) is 133 cm³/mol. The SMILES string of the molecule is CCCC(CC(=O)N1CCC(C)C(C(=O)O)C1)NC(=O)OCC1c2ccccc2-c2ccccc21. The fourth-order valence-corrected chi connectivity index (χ4v) is 5.34. The van der Waals surface area contributed by atoms with E-state index in [4.69, 9.17) is 4.74 Å². The average Bonchev–Trinajstić information content (AvgIpc) is 3.16. The van der Waals surface area contributed by atoms with Crippen LogP contribution in [0.2, 0.25) is 0 Å². The molecule has 35 heavy (non-hydrogen) atoms. The van der Waals surface area contributed by atoms with Gasteiger partial charge in [-0.2, -0.15) is 0 Å². The number of likely N-dealkylation sites (tertiary alicyclic amines) is 1. The highest BCUT2D eigenvalue weighted by Crippen LogP contribution is 2.44. The van der Waals surface area contributed by atoms with Gasteiger partial charge in [-0.3, -0.25) is 9.59 Å². The van der Waals surface area contributed by atoms with Crippen molar-refractivity contribution in [2.75, 3.05) is 19.7 Å². The second-order valence-corrected chi connectivity index (χ2v) is 9.71. The van der Waals surface area contributed by atoms with Gasteiger partial charge in [-0.1, -0.05) is 68.8 Å². The number of amides is 2. The minimum absolute atomic E-state index is 0.0253. The first-order valence-electron chi connectivity index (χ1n) is 12.5. The molecule has 1 aliphatic carbocycles. The fourth-order valence-electron chi connectivity index (χ4n) is 5.34. The summed E-state index contributed by atoms with van der Waals surface area (Å²) in [7, 11) is 0. The van der Waals surface area contributed by atoms with Crippen LogP contribution in [0.15, 0.2) is 48.5 Å². The number of rotatable bonds is 8. The fraction of sp³-hybridized carbons (Fsp3) is 0.464. The van der Waals surface area contributed by atoms with Crippen LogP contribution in [0.3, 0.4) is 0 Å². The highest BCUT2D eigenvalue weighted by Gasteiger charge is 2.34. The maximum Gasteiger partial charge on any atom is 0.407 e. The Balaban J connectivity index is 1.35. The molecule has 1 heterocycles. The molecule has 3 atom stereocenters. The zero-order valence-corrected chi connectivity index (χ0v) is 20.4. The minimum atomic E-state index is -0.864. The van der Waals surface area contributed by atoms with Gasteiger partial charge in [0.2, 0.25) is 5.91 Å². The number of nitrogens with zero attached hydrogens (tertiary/aromatic N) is 1. The predicted octanol–water partition coefficient (Wildman–Crippen LogP) is 4.65. The topological polar surface area (TPSA) is 95.9 Å². The Kier molecular flexibility index (Phi) is 7.73. The van der Waals surface area contributed by atoms with E-state index in [2.05, 4.69) is 29.6 Å². The van der Waals surface area contributed by atoms with Gasteiger partial charge in [-0.05, 0) is 41.0 Å². The lowest BCUT2D eigenvalue weighted by molar-refractivity contribution is -0.148. The van der Waals surface area contributed by atoms with Gasteiger partial charge in [0.15, 0.2) is 0 Å². The number of nitrogens with one attached hydrogen (secondary N) is 1. The summed E-state index contributed by atoms with van der Waals surface area (Å²) >= 11 is 0. The Morgan fingerprint density at radius 3 is 2.31 bits per heavy atom. The van der Waals surface area contributed by atoms with Crippen molar-refractivity contribution in [2.45, 2.75) is 51.5 Å². The van der Waals surface area contributed by atoms with Crippen molar-refractivity contribution in [1.82, 2.24) is 10.2 Å². The molecular formula is C28H34N2O5. The average molecular weight is 479 g/mol. The van der Waals surface area contributed by atoms with Crippen LogP contribution < -0.4 is 5.32 Å². The van der Waals surface area contributed by atoms with Crippen LogP contribution in [0.5, 0.6) is 0 Å². The van der Waals surface area contributed by atoms with Crippen LogP contribution in [0.4, 0.5) is 4.79 Å². The molecule has 3 unspecified atom stereocenters. The van der Waals surface area contributed by atoms with E-state index in [0.717, 1.165) is 17.5 Å². The normalized spacial score (nSPS) is 20.0. The third-order valence-electron chi connectivity index (χ3n) is 7.35. The van der Waals surface area contributed by atoms with Gasteiger partial charge in [-0.15, -0.1) is 0 Å². The molecule has 2 aromatic carbocycles. The molecule has 0 radical (unpaired) electrons. The summed E-state index contributed by atoms with van der Waals surface area (Å²) in [5, 5.41) is 12.3. The number of benzene rings is 2. The number of piperidine rings is 1. The van der Waals surface area contributed by atoms with Gasteiger partial charge in [0.05, 0.1) is 5.92 Å². The van der Waals surface area contributed by atoms with E-state index < -0.39 is 18.0 Å². The molecule has 7 nitrogen and oxygen atoms in total. The van der Waals surface area contributed by atoms with E-state index in [1.54, 1.807) is 4.90 Å². The van der Waals surface area contributed by atoms with Crippen molar-refractivity contribution < 1.29 is 24.2 Å². The summed E-state index contributed by atoms with van der Waals surface area (Å²) < 4.78 is 5.65. The van der Waals surface area contributed by atoms with E-state index in [0.29, 0.717) is 19.4 Å². The lowest BCUT2D eigenvalue weighted by atomic mass is 9.87. The number of carbonyl (C=O) groups is 3. The van der Waals surface area contributed by atoms with Crippen LogP contribution in [-0.4, -0.2) is 53.7 Å². The molecule has 1 aliphatic heterocycles. The lowest BCUT2D eigenvalue weighted by Gasteiger charge is -2.35. The summed E-state index contributed by atoms with van der Waals surface area (Å²) in [4.78, 5) is 38.8. The zero-order valence-electron chi connectivity index (χ0n) is 20.4. The molecule has 1 saturated heterocycles. The number of aliphatic carboxylic acids is 1. The maximum absolute atomic E-state index is 12.9. The Labute approximate surface area is 206 Å². The lowest BCUT2D eigenvalue weighted by Crippen LogP contribution is -2.48. The van der Waals surface area contributed by atoms with Gasteiger partial charge < -0.3 is 20.1 Å². The maximum atomic E-state index is 12.9. The molecule has 2 aliphatic rings. The van der Waals surface area contributed by atoms with Crippen LogP contribution in [0, 0.1) is 11.8 Å². The van der Waals surface area contributed by atoms with E-state index in [-0.39, 0.29) is 43.4 Å². The molecule has 0 spiro atoms. The largest absolute Gasteiger partial charge is 0.481 e. The van der Waals surface area contributed by atoms with E-state index >= 15 is 0 Å². The van der Waals surface area contributed by atoms with Crippen molar-refractivity contribution in [1.29, 1.82) is 0 Å². The third-order valence-corrected chi connectivity index (χ3v) is 7.35. The quantitative estimate of drug-likeness (QED) is 0.576. The molecule has 0 aromatic heterocycles. The highest BCUT2D eigenvalue weighted by atomic mass is 16.5. The monoisotopic (exact) mass is 478 g/mol. The van der Waals surface area contributed by atoms with Gasteiger partial charge in [0.1, 0.15) is 6.61 Å². The van der Waals surface area contributed by atoms with Gasteiger partial charge in [0.25, 0.3) is 0 Å². The Bertz CT molecular complexity index is 1040. The molecule has 2 amide bonds. The summed E-state index contributed by atoms with van der Waals surface area (Å²) in [6.45, 7) is 4.91. The first-order chi connectivity index (χ1) is 16.9. The molecule has 0 bridgehead atoms. The number of carboxylic acids is 1. The van der Waals surface area contributed by atoms with Gasteiger partial charge in [0, 0.05) is 31.5 Å². The van der Waals surface area contributed by atoms with E-state index in [1.165, 1.54) is 11.1 Å². The molecule has 2 N–H and O–H groups in total. The number of carbonyl (C=O) groups excluding carboxylic acids is 2. The van der Waals surface area contributed by atoms with Crippen LogP contribution in [0.25, 0.3) is 11.1 Å². The number of carboxylic acid groups (broad SMARTS) is 1. The second kappa shape index (κ2) is 10.9. The summed E-state index contributed by atoms with van der Waals surface area (Å²) in [5.41, 5.74) is 4.63. The molecule has 4 rings (SSSR count). The molecule has 2 aromatic rings. The highest BCUT2D eigenvalue weighted by molar-refractivity contribution is 5.80. The minimum Gasteiger partial charge on any atom is -0.481 e. The first-order valence-corrected chi connectivity index (χ1v) is 12.5. The van der Waals surface area contributed by atoms with Crippen molar-refractivity contribution in [2.24, 2.45) is 11.8 Å². The zero-order chi connectivity index (χ0) is 24.9. The number of hydrogen-bond donors (Lipinski definition) is 2. The molecular weight excluding hydrogens is 444 g/mol. The van der Waals surface area contributed by atoms with Crippen molar-refractivity contribution in [3.63, 3.8) is 0 Å². The molecule has 186 valence electrons. The third kappa shape index (κ3) is 5.50. The Hall–Kier alpha value is -3.35. The standard InChI is InChI=1S/C28H34N2O5/c1-3-8-19(15-26(31)30-14-13-18(2)24(16-30)27(32)33)29-28(34)35-17-25-22-11-6-4-9-20(22)21-10-5-7-12-23(21)25/h4-7,9-12,18-19,24-25H,3,8,13-17H2,1-2H3,(H,29,34)(H,32,33). The summed E-state index contributed by atoms with van der Waals surface area (Å²) in [5.74, 6) is -1.52. The number of ether oxygens (including phenoxy) is 1. The van der Waals surface area contributed by atoms with E-state index in [1.807, 2.05) is 38.1 Å². The van der Waals surface area contributed by atoms with Crippen molar-refractivity contribution in [3.8, 4) is 11.1 Å². The van der Waals surface area contributed by atoms with Gasteiger partial charge >= 0.3 is 12.1 Å². The first kappa shape index (κ1) is 24.8. The number of fused-ring (bicyclic) bond motifs is 3. The van der Waals surface area contributed by atoms with Gasteiger partial charge in [-0.25, -0.2) is 4.79 Å². The number of hydrogen-bond acceptors (Lipinski definition) is 4. The molecule has 0 saturated carbocycles.